The highest BCUT2D eigenvalue weighted by Crippen LogP contribution is 2.68. The van der Waals surface area contributed by atoms with Crippen LogP contribution >= 0.6 is 12.2 Å². The Labute approximate surface area is 248 Å². The fourth-order valence-corrected chi connectivity index (χ4v) is 10.3. The van der Waals surface area contributed by atoms with Gasteiger partial charge in [0.15, 0.2) is 5.82 Å². The first-order valence-corrected chi connectivity index (χ1v) is 16.1. The number of H-pyrrole nitrogens is 1. The second-order valence-corrected chi connectivity index (χ2v) is 14.4. The summed E-state index contributed by atoms with van der Waals surface area (Å²) in [5.74, 6) is 4.49. The number of rotatable bonds is 6. The van der Waals surface area contributed by atoms with Gasteiger partial charge in [0.2, 0.25) is 4.77 Å². The predicted octanol–water partition coefficient (Wildman–Crippen LogP) is 8.20. The van der Waals surface area contributed by atoms with Crippen molar-refractivity contribution >= 4 is 23.9 Å². The predicted molar refractivity (Wildman–Crippen MR) is 161 cm³/mol. The van der Waals surface area contributed by atoms with E-state index in [1.807, 2.05) is 6.07 Å². The average molecular weight is 581 g/mol. The Balaban J connectivity index is 1.18. The third-order valence-corrected chi connectivity index (χ3v) is 12.5. The maximum Gasteiger partial charge on any atom is 0.305 e. The van der Waals surface area contributed by atoms with Crippen LogP contribution in [0.2, 0.25) is 0 Å². The molecule has 4 aliphatic carbocycles. The highest BCUT2D eigenvalue weighted by atomic mass is 32.1. The summed E-state index contributed by atoms with van der Waals surface area (Å²) in [6.07, 6.45) is 12.5. The normalized spacial score (nSPS) is 36.3. The first-order valence-electron chi connectivity index (χ1n) is 15.7. The van der Waals surface area contributed by atoms with E-state index in [0.29, 0.717) is 51.2 Å². The van der Waals surface area contributed by atoms with E-state index >= 15 is 0 Å². The molecule has 4 saturated carbocycles. The molecular formula is C33H45FN4O2S. The summed E-state index contributed by atoms with van der Waals surface area (Å²) in [6.45, 7) is 7.55. The summed E-state index contributed by atoms with van der Waals surface area (Å²) in [5, 5.41) is 12.3. The molecule has 0 amide bonds. The number of nitrogens with zero attached hydrogens (tertiary/aromatic N) is 3. The molecule has 0 bridgehead atoms. The number of carbonyl (C=O) groups is 1. The van der Waals surface area contributed by atoms with Crippen molar-refractivity contribution in [2.75, 3.05) is 7.11 Å². The molecule has 41 heavy (non-hydrogen) atoms. The molecule has 0 spiro atoms. The number of nitrogens with one attached hydrogen (secondary N) is 1. The highest BCUT2D eigenvalue weighted by molar-refractivity contribution is 7.71. The van der Waals surface area contributed by atoms with Gasteiger partial charge in [0.25, 0.3) is 0 Å². The Morgan fingerprint density at radius 3 is 2.78 bits per heavy atom. The van der Waals surface area contributed by atoms with Gasteiger partial charge in [-0.3, -0.25) is 4.79 Å². The van der Waals surface area contributed by atoms with Crippen LogP contribution in [0.3, 0.4) is 0 Å². The number of aromatic nitrogens is 3. The molecule has 1 N–H and O–H groups in total. The topological polar surface area (TPSA) is 72.3 Å². The first-order chi connectivity index (χ1) is 19.6. The molecule has 0 saturated heterocycles. The summed E-state index contributed by atoms with van der Waals surface area (Å²) in [5.41, 5.74) is 2.59. The fraction of sp³-hybridized carbons (Fsp3) is 0.697. The van der Waals surface area contributed by atoms with E-state index in [0.717, 1.165) is 37.0 Å². The first kappa shape index (κ1) is 28.8. The third kappa shape index (κ3) is 5.02. The maximum absolute atomic E-state index is 13.9. The third-order valence-electron chi connectivity index (χ3n) is 12.3. The number of hydrogen-bond donors (Lipinski definition) is 1. The van der Waals surface area contributed by atoms with Crippen molar-refractivity contribution in [1.82, 2.24) is 14.9 Å². The molecule has 6 rings (SSSR count). The van der Waals surface area contributed by atoms with Gasteiger partial charge in [-0.2, -0.15) is 14.9 Å². The second-order valence-electron chi connectivity index (χ2n) is 14.0. The SMILES string of the molecule is COC(=O)CC[C@@H](C)[C@H]1CC[C@H]2[C@@H]3CC[C@@H]4C/C(=N\n5c(-c6cccc(F)c6)n[nH]c5=S)CC[C@]4(C)[C@H]3CC[C@]12C. The number of hydrogen-bond acceptors (Lipinski definition) is 5. The van der Waals surface area contributed by atoms with Crippen molar-refractivity contribution in [1.29, 1.82) is 0 Å². The van der Waals surface area contributed by atoms with Gasteiger partial charge in [-0.05, 0) is 135 Å². The Kier molecular flexibility index (Phi) is 7.75. The summed E-state index contributed by atoms with van der Waals surface area (Å²) < 4.78 is 21.0. The van der Waals surface area contributed by atoms with Gasteiger partial charge >= 0.3 is 5.97 Å². The molecule has 1 heterocycles. The number of fused-ring (bicyclic) bond motifs is 5. The average Bonchev–Trinajstić information content (AvgIpc) is 3.51. The Bertz CT molecular complexity index is 1390. The lowest BCUT2D eigenvalue weighted by Crippen LogP contribution is -2.53. The van der Waals surface area contributed by atoms with Crippen molar-refractivity contribution in [3.05, 3.63) is 34.9 Å². The van der Waals surface area contributed by atoms with E-state index in [-0.39, 0.29) is 11.8 Å². The Morgan fingerprint density at radius 1 is 1.20 bits per heavy atom. The molecule has 0 aliphatic heterocycles. The standard InChI is InChI=1S/C33H45FN4O2S/c1-20(8-13-29(39)40-4)26-11-12-27-25-10-9-22-19-24(14-16-32(22,2)28(25)15-17-33(26,27)3)37-38-30(35-36-31(38)41)21-6-5-7-23(34)18-21/h5-7,18,20,22,25-28H,8-17,19H2,1-4H3,(H,36,41)/b37-24-/t20-,22-,25+,26-,27+,28+,32+,33-/m1/s1. The molecule has 1 aromatic heterocycles. The molecule has 4 aliphatic rings. The van der Waals surface area contributed by atoms with Crippen molar-refractivity contribution in [2.24, 2.45) is 51.4 Å². The zero-order valence-electron chi connectivity index (χ0n) is 25.0. The second kappa shape index (κ2) is 11.1. The number of benzene rings is 1. The zero-order valence-corrected chi connectivity index (χ0v) is 25.8. The van der Waals surface area contributed by atoms with E-state index in [2.05, 4.69) is 31.0 Å². The molecule has 0 unspecified atom stereocenters. The fourth-order valence-electron chi connectivity index (χ4n) is 10.1. The van der Waals surface area contributed by atoms with Crippen LogP contribution in [0.15, 0.2) is 29.4 Å². The van der Waals surface area contributed by atoms with Gasteiger partial charge in [-0.1, -0.05) is 32.9 Å². The van der Waals surface area contributed by atoms with Crippen LogP contribution in [0.1, 0.15) is 91.4 Å². The summed E-state index contributed by atoms with van der Waals surface area (Å²) in [7, 11) is 1.50. The van der Waals surface area contributed by atoms with E-state index < -0.39 is 0 Å². The van der Waals surface area contributed by atoms with Crippen LogP contribution in [0.5, 0.6) is 0 Å². The largest absolute Gasteiger partial charge is 0.469 e. The minimum absolute atomic E-state index is 0.0769. The molecule has 8 heteroatoms. The van der Waals surface area contributed by atoms with Crippen molar-refractivity contribution < 1.29 is 13.9 Å². The number of ether oxygens (including phenoxy) is 1. The van der Waals surface area contributed by atoms with E-state index in [4.69, 9.17) is 22.1 Å². The molecule has 4 fully saturated rings. The van der Waals surface area contributed by atoms with Crippen molar-refractivity contribution in [3.8, 4) is 11.4 Å². The van der Waals surface area contributed by atoms with Gasteiger partial charge in [-0.15, -0.1) is 0 Å². The number of carbonyl (C=O) groups excluding carboxylic acids is 1. The highest BCUT2D eigenvalue weighted by Gasteiger charge is 2.60. The van der Waals surface area contributed by atoms with Crippen LogP contribution in [-0.2, 0) is 9.53 Å². The number of esters is 1. The molecule has 0 radical (unpaired) electrons. The summed E-state index contributed by atoms with van der Waals surface area (Å²) in [6, 6.07) is 6.44. The lowest BCUT2D eigenvalue weighted by molar-refractivity contribution is -0.141. The number of aromatic amines is 1. The molecule has 222 valence electrons. The minimum atomic E-state index is -0.298. The Morgan fingerprint density at radius 2 is 2.00 bits per heavy atom. The van der Waals surface area contributed by atoms with Crippen molar-refractivity contribution in [2.45, 2.75) is 91.4 Å². The summed E-state index contributed by atoms with van der Waals surface area (Å²) >= 11 is 5.53. The monoisotopic (exact) mass is 580 g/mol. The van der Waals surface area contributed by atoms with E-state index in [1.165, 1.54) is 69.9 Å². The zero-order chi connectivity index (χ0) is 28.9. The van der Waals surface area contributed by atoms with Crippen molar-refractivity contribution in [3.63, 3.8) is 0 Å². The van der Waals surface area contributed by atoms with Crippen LogP contribution < -0.4 is 0 Å². The number of methoxy groups -OCH3 is 1. The van der Waals surface area contributed by atoms with Gasteiger partial charge < -0.3 is 4.74 Å². The molecular weight excluding hydrogens is 535 g/mol. The summed E-state index contributed by atoms with van der Waals surface area (Å²) in [4.78, 5) is 11.8. The van der Waals surface area contributed by atoms with Crippen LogP contribution in [0.4, 0.5) is 4.39 Å². The minimum Gasteiger partial charge on any atom is -0.469 e. The van der Waals surface area contributed by atoms with Crippen LogP contribution in [-0.4, -0.2) is 33.7 Å². The molecule has 1 aromatic carbocycles. The quantitative estimate of drug-likeness (QED) is 0.276. The van der Waals surface area contributed by atoms with Gasteiger partial charge in [0.05, 0.1) is 7.11 Å². The van der Waals surface area contributed by atoms with E-state index in [9.17, 15) is 9.18 Å². The lowest BCUT2D eigenvalue weighted by atomic mass is 9.44. The maximum atomic E-state index is 13.9. The van der Waals surface area contributed by atoms with Crippen LogP contribution in [0, 0.1) is 56.9 Å². The molecule has 6 nitrogen and oxygen atoms in total. The van der Waals surface area contributed by atoms with Crippen LogP contribution in [0.25, 0.3) is 11.4 Å². The lowest BCUT2D eigenvalue weighted by Gasteiger charge is -2.61. The smallest absolute Gasteiger partial charge is 0.305 e. The Hall–Kier alpha value is -2.35. The van der Waals surface area contributed by atoms with E-state index in [1.54, 1.807) is 10.7 Å². The number of halogens is 1. The van der Waals surface area contributed by atoms with Gasteiger partial charge in [0, 0.05) is 17.7 Å². The molecule has 8 atom stereocenters. The van der Waals surface area contributed by atoms with Gasteiger partial charge in [-0.25, -0.2) is 9.49 Å². The molecule has 2 aromatic rings. The van der Waals surface area contributed by atoms with Gasteiger partial charge in [0.1, 0.15) is 5.82 Å².